The van der Waals surface area contributed by atoms with E-state index in [0.717, 1.165) is 17.6 Å². The van der Waals surface area contributed by atoms with E-state index in [9.17, 15) is 4.79 Å². The van der Waals surface area contributed by atoms with E-state index in [0.29, 0.717) is 6.42 Å². The fourth-order valence-electron chi connectivity index (χ4n) is 0.962. The molecule has 0 aromatic rings. The topological polar surface area (TPSA) is 17.1 Å². The summed E-state index contributed by atoms with van der Waals surface area (Å²) in [7, 11) is 0. The van der Waals surface area contributed by atoms with Crippen molar-refractivity contribution in [1.29, 1.82) is 0 Å². The largest absolute Gasteiger partial charge is 0.295 e. The number of hydrogen-bond donors (Lipinski definition) is 0. The maximum atomic E-state index is 10.8. The van der Waals surface area contributed by atoms with E-state index in [4.69, 9.17) is 6.42 Å². The number of rotatable bonds is 0. The molecule has 46 valence electrons. The fraction of sp³-hybridized carbons (Fsp3) is 0.375. The first-order chi connectivity index (χ1) is 4.25. The Balaban J connectivity index is 2.96. The first kappa shape index (κ1) is 6.10. The average molecular weight is 120 g/mol. The van der Waals surface area contributed by atoms with Gasteiger partial charge in [-0.2, -0.15) is 0 Å². The standard InChI is InChI=1S/C8H8O/c1-3-7-4-5-8(9)6(7)2/h1H,4-5H2,2H3. The molecular formula is C8H8O. The van der Waals surface area contributed by atoms with Crippen molar-refractivity contribution in [3.8, 4) is 12.3 Å². The highest BCUT2D eigenvalue weighted by molar-refractivity contribution is 5.99. The first-order valence-corrected chi connectivity index (χ1v) is 2.95. The third-order valence-corrected chi connectivity index (χ3v) is 1.65. The van der Waals surface area contributed by atoms with Crippen molar-refractivity contribution in [3.05, 3.63) is 11.1 Å². The van der Waals surface area contributed by atoms with Gasteiger partial charge in [0, 0.05) is 17.6 Å². The zero-order valence-electron chi connectivity index (χ0n) is 5.40. The van der Waals surface area contributed by atoms with Gasteiger partial charge in [0.15, 0.2) is 5.78 Å². The van der Waals surface area contributed by atoms with E-state index < -0.39 is 0 Å². The Kier molecular flexibility index (Phi) is 1.40. The third-order valence-electron chi connectivity index (χ3n) is 1.65. The van der Waals surface area contributed by atoms with Gasteiger partial charge in [0.2, 0.25) is 0 Å². The molecule has 0 amide bonds. The molecule has 1 nitrogen and oxygen atoms in total. The molecule has 0 N–H and O–H groups in total. The van der Waals surface area contributed by atoms with Crippen molar-refractivity contribution in [3.63, 3.8) is 0 Å². The zero-order valence-corrected chi connectivity index (χ0v) is 5.40. The molecule has 0 aromatic heterocycles. The summed E-state index contributed by atoms with van der Waals surface area (Å²) >= 11 is 0. The van der Waals surface area contributed by atoms with Gasteiger partial charge in [-0.15, -0.1) is 6.42 Å². The number of carbonyl (C=O) groups excluding carboxylic acids is 1. The normalized spacial score (nSPS) is 18.4. The minimum Gasteiger partial charge on any atom is -0.295 e. The van der Waals surface area contributed by atoms with Crippen LogP contribution in [0.2, 0.25) is 0 Å². The van der Waals surface area contributed by atoms with Crippen LogP contribution in [0.15, 0.2) is 11.1 Å². The number of carbonyl (C=O) groups is 1. The van der Waals surface area contributed by atoms with Gasteiger partial charge in [-0.3, -0.25) is 4.79 Å². The van der Waals surface area contributed by atoms with E-state index >= 15 is 0 Å². The quantitative estimate of drug-likeness (QED) is 0.440. The van der Waals surface area contributed by atoms with E-state index in [-0.39, 0.29) is 5.78 Å². The number of terminal acetylenes is 1. The summed E-state index contributed by atoms with van der Waals surface area (Å²) in [6, 6.07) is 0. The molecular weight excluding hydrogens is 112 g/mol. The molecule has 0 heterocycles. The minimum atomic E-state index is 0.211. The van der Waals surface area contributed by atoms with Gasteiger partial charge in [0.1, 0.15) is 0 Å². The molecule has 0 aromatic carbocycles. The minimum absolute atomic E-state index is 0.211. The molecule has 0 unspecified atom stereocenters. The molecule has 0 aliphatic heterocycles. The molecule has 0 radical (unpaired) electrons. The van der Waals surface area contributed by atoms with Crippen LogP contribution in [-0.4, -0.2) is 5.78 Å². The molecule has 1 rings (SSSR count). The van der Waals surface area contributed by atoms with E-state index in [2.05, 4.69) is 5.92 Å². The lowest BCUT2D eigenvalue weighted by Gasteiger charge is -1.86. The number of Topliss-reactive ketones (excluding diaryl/α,β-unsaturated/α-hetero) is 1. The lowest BCUT2D eigenvalue weighted by Crippen LogP contribution is -1.89. The molecule has 1 aliphatic carbocycles. The predicted octanol–water partition coefficient (Wildman–Crippen LogP) is 1.30. The van der Waals surface area contributed by atoms with Crippen molar-refractivity contribution in [2.24, 2.45) is 0 Å². The van der Waals surface area contributed by atoms with Crippen LogP contribution in [0, 0.1) is 12.3 Å². The van der Waals surface area contributed by atoms with Crippen molar-refractivity contribution < 1.29 is 4.79 Å². The lowest BCUT2D eigenvalue weighted by molar-refractivity contribution is -0.114. The van der Waals surface area contributed by atoms with Crippen LogP contribution in [0.1, 0.15) is 19.8 Å². The zero-order chi connectivity index (χ0) is 6.85. The van der Waals surface area contributed by atoms with Crippen LogP contribution >= 0.6 is 0 Å². The second-order valence-electron chi connectivity index (χ2n) is 2.17. The van der Waals surface area contributed by atoms with Crippen molar-refractivity contribution >= 4 is 5.78 Å². The smallest absolute Gasteiger partial charge is 0.159 e. The Bertz CT molecular complexity index is 215. The molecule has 0 fully saturated rings. The summed E-state index contributed by atoms with van der Waals surface area (Å²) in [6.07, 6.45) is 6.52. The monoisotopic (exact) mass is 120 g/mol. The molecule has 9 heavy (non-hydrogen) atoms. The van der Waals surface area contributed by atoms with Gasteiger partial charge < -0.3 is 0 Å². The molecule has 1 heteroatoms. The van der Waals surface area contributed by atoms with Crippen LogP contribution in [-0.2, 0) is 4.79 Å². The van der Waals surface area contributed by atoms with Gasteiger partial charge in [0.05, 0.1) is 0 Å². The van der Waals surface area contributed by atoms with Crippen LogP contribution in [0.4, 0.5) is 0 Å². The summed E-state index contributed by atoms with van der Waals surface area (Å²) in [5, 5.41) is 0. The second-order valence-corrected chi connectivity index (χ2v) is 2.17. The van der Waals surface area contributed by atoms with Crippen molar-refractivity contribution in [2.75, 3.05) is 0 Å². The van der Waals surface area contributed by atoms with Gasteiger partial charge >= 0.3 is 0 Å². The molecule has 0 saturated carbocycles. The Morgan fingerprint density at radius 1 is 1.56 bits per heavy atom. The van der Waals surface area contributed by atoms with Gasteiger partial charge in [-0.05, 0) is 13.3 Å². The van der Waals surface area contributed by atoms with Crippen LogP contribution < -0.4 is 0 Å². The van der Waals surface area contributed by atoms with Gasteiger partial charge in [-0.1, -0.05) is 5.92 Å². The first-order valence-electron chi connectivity index (χ1n) is 2.95. The highest BCUT2D eigenvalue weighted by Gasteiger charge is 2.16. The van der Waals surface area contributed by atoms with Crippen molar-refractivity contribution in [1.82, 2.24) is 0 Å². The Hall–Kier alpha value is -1.03. The lowest BCUT2D eigenvalue weighted by atomic mass is 10.2. The highest BCUT2D eigenvalue weighted by atomic mass is 16.1. The summed E-state index contributed by atoms with van der Waals surface area (Å²) in [4.78, 5) is 10.8. The predicted molar refractivity (Wildman–Crippen MR) is 35.8 cm³/mol. The van der Waals surface area contributed by atoms with E-state index in [1.807, 2.05) is 0 Å². The maximum Gasteiger partial charge on any atom is 0.159 e. The van der Waals surface area contributed by atoms with Crippen LogP contribution in [0.5, 0.6) is 0 Å². The number of hydrogen-bond acceptors (Lipinski definition) is 1. The van der Waals surface area contributed by atoms with Crippen molar-refractivity contribution in [2.45, 2.75) is 19.8 Å². The van der Waals surface area contributed by atoms with Gasteiger partial charge in [0.25, 0.3) is 0 Å². The second kappa shape index (κ2) is 2.06. The average Bonchev–Trinajstić information content (AvgIpc) is 2.15. The summed E-state index contributed by atoms with van der Waals surface area (Å²) in [5.41, 5.74) is 1.68. The summed E-state index contributed by atoms with van der Waals surface area (Å²) in [5.74, 6) is 2.71. The van der Waals surface area contributed by atoms with Crippen LogP contribution in [0.25, 0.3) is 0 Å². The molecule has 0 atom stereocenters. The molecule has 1 aliphatic rings. The summed E-state index contributed by atoms with van der Waals surface area (Å²) in [6.45, 7) is 1.80. The van der Waals surface area contributed by atoms with E-state index in [1.54, 1.807) is 6.92 Å². The Morgan fingerprint density at radius 2 is 2.22 bits per heavy atom. The Labute approximate surface area is 54.8 Å². The molecule has 0 bridgehead atoms. The summed E-state index contributed by atoms with van der Waals surface area (Å²) < 4.78 is 0. The molecule has 0 spiro atoms. The Morgan fingerprint density at radius 3 is 2.44 bits per heavy atom. The SMILES string of the molecule is C#CC1=C(C)C(=O)CC1. The van der Waals surface area contributed by atoms with Crippen LogP contribution in [0.3, 0.4) is 0 Å². The maximum absolute atomic E-state index is 10.8. The highest BCUT2D eigenvalue weighted by Crippen LogP contribution is 2.20. The molecule has 0 saturated heterocycles. The fourth-order valence-corrected chi connectivity index (χ4v) is 0.962. The number of ketones is 1. The van der Waals surface area contributed by atoms with Gasteiger partial charge in [-0.25, -0.2) is 0 Å². The van der Waals surface area contributed by atoms with E-state index in [1.165, 1.54) is 0 Å². The third kappa shape index (κ3) is 0.882. The number of allylic oxidation sites excluding steroid dienone is 2.